The molecule has 106 valence electrons. The molecule has 1 N–H and O–H groups in total. The molecule has 1 fully saturated rings. The number of H-pyrrole nitrogens is 1. The monoisotopic (exact) mass is 271 g/mol. The number of aromatic amines is 1. The fourth-order valence-corrected chi connectivity index (χ4v) is 3.05. The summed E-state index contributed by atoms with van der Waals surface area (Å²) in [6.07, 6.45) is 5.04. The summed E-state index contributed by atoms with van der Waals surface area (Å²) in [6.45, 7) is 3.97. The van der Waals surface area contributed by atoms with Gasteiger partial charge in [-0.25, -0.2) is 0 Å². The number of benzene rings is 1. The van der Waals surface area contributed by atoms with Crippen LogP contribution < -0.4 is 10.2 Å². The van der Waals surface area contributed by atoms with E-state index in [0.717, 1.165) is 17.0 Å². The molecule has 1 aromatic heterocycles. The van der Waals surface area contributed by atoms with Crippen molar-refractivity contribution in [3.8, 4) is 5.75 Å². The maximum absolute atomic E-state index is 12.3. The Hall–Kier alpha value is -1.77. The van der Waals surface area contributed by atoms with E-state index in [0.29, 0.717) is 11.3 Å². The second-order valence-electron chi connectivity index (χ2n) is 5.94. The van der Waals surface area contributed by atoms with Gasteiger partial charge in [-0.2, -0.15) is 0 Å². The van der Waals surface area contributed by atoms with Gasteiger partial charge in [-0.05, 0) is 50.8 Å². The lowest BCUT2D eigenvalue weighted by Crippen LogP contribution is -2.09. The van der Waals surface area contributed by atoms with Crippen LogP contribution in [0.1, 0.15) is 51.1 Å². The minimum absolute atomic E-state index is 0.0925. The molecule has 3 nitrogen and oxygen atoms in total. The van der Waals surface area contributed by atoms with Crippen molar-refractivity contribution in [3.63, 3.8) is 0 Å². The Morgan fingerprint density at radius 1 is 1.20 bits per heavy atom. The second kappa shape index (κ2) is 5.31. The van der Waals surface area contributed by atoms with Crippen molar-refractivity contribution >= 4 is 10.9 Å². The average molecular weight is 271 g/mol. The summed E-state index contributed by atoms with van der Waals surface area (Å²) in [6, 6.07) is 7.49. The lowest BCUT2D eigenvalue weighted by atomic mass is 10.0. The van der Waals surface area contributed by atoms with E-state index in [-0.39, 0.29) is 11.5 Å². The van der Waals surface area contributed by atoms with E-state index >= 15 is 0 Å². The molecular weight excluding hydrogens is 250 g/mol. The number of fused-ring (bicyclic) bond motifs is 1. The highest BCUT2D eigenvalue weighted by atomic mass is 16.5. The normalized spacial score (nSPS) is 16.1. The number of pyridine rings is 1. The van der Waals surface area contributed by atoms with Crippen LogP contribution in [0, 0.1) is 0 Å². The Labute approximate surface area is 119 Å². The van der Waals surface area contributed by atoms with Gasteiger partial charge in [-0.15, -0.1) is 0 Å². The second-order valence-corrected chi connectivity index (χ2v) is 5.94. The van der Waals surface area contributed by atoms with E-state index in [9.17, 15) is 4.79 Å². The molecule has 0 saturated heterocycles. The number of aromatic nitrogens is 1. The highest BCUT2D eigenvalue weighted by molar-refractivity contribution is 5.80. The summed E-state index contributed by atoms with van der Waals surface area (Å²) in [4.78, 5) is 15.8. The van der Waals surface area contributed by atoms with Crippen LogP contribution in [0.2, 0.25) is 0 Å². The molecule has 1 aliphatic rings. The lowest BCUT2D eigenvalue weighted by molar-refractivity contribution is 0.243. The average Bonchev–Trinajstić information content (AvgIpc) is 2.92. The first-order valence-corrected chi connectivity index (χ1v) is 7.47. The van der Waals surface area contributed by atoms with Crippen LogP contribution in [0.5, 0.6) is 5.75 Å². The van der Waals surface area contributed by atoms with Gasteiger partial charge in [-0.1, -0.05) is 12.8 Å². The molecule has 0 aliphatic heterocycles. The maximum atomic E-state index is 12.3. The van der Waals surface area contributed by atoms with Crippen LogP contribution in [0.15, 0.2) is 29.1 Å². The summed E-state index contributed by atoms with van der Waals surface area (Å²) in [5.74, 6) is 1.28. The molecule has 1 heterocycles. The van der Waals surface area contributed by atoms with Gasteiger partial charge in [0, 0.05) is 22.7 Å². The van der Waals surface area contributed by atoms with Gasteiger partial charge in [0.25, 0.3) is 0 Å². The number of rotatable bonds is 3. The highest BCUT2D eigenvalue weighted by Crippen LogP contribution is 2.33. The summed E-state index contributed by atoms with van der Waals surface area (Å²) >= 11 is 0. The number of hydrogen-bond acceptors (Lipinski definition) is 2. The Morgan fingerprint density at radius 2 is 1.95 bits per heavy atom. The van der Waals surface area contributed by atoms with Crippen LogP contribution in [-0.4, -0.2) is 11.1 Å². The molecule has 2 aromatic rings. The third-order valence-corrected chi connectivity index (χ3v) is 3.99. The molecule has 0 bridgehead atoms. The molecule has 0 spiro atoms. The van der Waals surface area contributed by atoms with Crippen LogP contribution in [0.3, 0.4) is 0 Å². The maximum Gasteiger partial charge on any atom is 0.189 e. The standard InChI is InChI=1S/C17H21NO2/c1-11(2)20-13-7-8-15-14(9-13)17(19)10-16(18-15)12-5-3-4-6-12/h7-12H,3-6H2,1-2H3,(H,18,19). The smallest absolute Gasteiger partial charge is 0.189 e. The molecule has 20 heavy (non-hydrogen) atoms. The summed E-state index contributed by atoms with van der Waals surface area (Å²) in [5, 5.41) is 0.713. The minimum atomic E-state index is 0.0925. The number of nitrogens with one attached hydrogen (secondary N) is 1. The first-order chi connectivity index (χ1) is 9.63. The van der Waals surface area contributed by atoms with Gasteiger partial charge in [0.1, 0.15) is 5.75 Å². The van der Waals surface area contributed by atoms with Crippen molar-refractivity contribution in [3.05, 3.63) is 40.2 Å². The van der Waals surface area contributed by atoms with E-state index in [1.807, 2.05) is 32.0 Å². The molecule has 0 radical (unpaired) electrons. The predicted molar refractivity (Wildman–Crippen MR) is 81.5 cm³/mol. The zero-order valence-electron chi connectivity index (χ0n) is 12.1. The van der Waals surface area contributed by atoms with Crippen molar-refractivity contribution in [1.82, 2.24) is 4.98 Å². The van der Waals surface area contributed by atoms with E-state index < -0.39 is 0 Å². The first-order valence-electron chi connectivity index (χ1n) is 7.47. The Bertz CT molecular complexity index is 666. The Morgan fingerprint density at radius 3 is 2.65 bits per heavy atom. The molecule has 3 heteroatoms. The topological polar surface area (TPSA) is 42.1 Å². The fourth-order valence-electron chi connectivity index (χ4n) is 3.05. The predicted octanol–water partition coefficient (Wildman–Crippen LogP) is 3.97. The fraction of sp³-hybridized carbons (Fsp3) is 0.471. The summed E-state index contributed by atoms with van der Waals surface area (Å²) < 4.78 is 5.65. The van der Waals surface area contributed by atoms with Crippen LogP contribution in [0.4, 0.5) is 0 Å². The van der Waals surface area contributed by atoms with Gasteiger partial charge in [-0.3, -0.25) is 4.79 Å². The summed E-state index contributed by atoms with van der Waals surface area (Å²) in [7, 11) is 0. The zero-order valence-corrected chi connectivity index (χ0v) is 12.1. The van der Waals surface area contributed by atoms with Crippen LogP contribution >= 0.6 is 0 Å². The molecular formula is C17H21NO2. The Balaban J connectivity index is 2.02. The molecule has 0 amide bonds. The zero-order chi connectivity index (χ0) is 14.1. The lowest BCUT2D eigenvalue weighted by Gasteiger charge is -2.13. The SMILES string of the molecule is CC(C)Oc1ccc2[nH]c(C3CCCC3)cc(=O)c2c1. The number of ether oxygens (including phenoxy) is 1. The van der Waals surface area contributed by atoms with Crippen molar-refractivity contribution in [2.75, 3.05) is 0 Å². The Kier molecular flexibility index (Phi) is 3.51. The molecule has 1 aliphatic carbocycles. The van der Waals surface area contributed by atoms with Gasteiger partial charge < -0.3 is 9.72 Å². The molecule has 0 atom stereocenters. The van der Waals surface area contributed by atoms with E-state index in [2.05, 4.69) is 4.98 Å². The van der Waals surface area contributed by atoms with Crippen LogP contribution in [-0.2, 0) is 0 Å². The minimum Gasteiger partial charge on any atom is -0.491 e. The first kappa shape index (κ1) is 13.2. The van der Waals surface area contributed by atoms with Gasteiger partial charge >= 0.3 is 0 Å². The van der Waals surface area contributed by atoms with E-state index in [1.54, 1.807) is 6.07 Å². The largest absolute Gasteiger partial charge is 0.491 e. The third kappa shape index (κ3) is 2.58. The van der Waals surface area contributed by atoms with Crippen molar-refractivity contribution < 1.29 is 4.74 Å². The van der Waals surface area contributed by atoms with E-state index in [1.165, 1.54) is 25.7 Å². The third-order valence-electron chi connectivity index (χ3n) is 3.99. The van der Waals surface area contributed by atoms with Crippen LogP contribution in [0.25, 0.3) is 10.9 Å². The molecule has 0 unspecified atom stereocenters. The highest BCUT2D eigenvalue weighted by Gasteiger charge is 2.18. The molecule has 1 saturated carbocycles. The van der Waals surface area contributed by atoms with Gasteiger partial charge in [0.05, 0.1) is 6.10 Å². The van der Waals surface area contributed by atoms with Crippen molar-refractivity contribution in [2.45, 2.75) is 51.6 Å². The molecule has 1 aromatic carbocycles. The number of hydrogen-bond donors (Lipinski definition) is 1. The van der Waals surface area contributed by atoms with Gasteiger partial charge in [0.15, 0.2) is 5.43 Å². The van der Waals surface area contributed by atoms with Crippen molar-refractivity contribution in [2.24, 2.45) is 0 Å². The molecule has 3 rings (SSSR count). The summed E-state index contributed by atoms with van der Waals surface area (Å²) in [5.41, 5.74) is 2.10. The van der Waals surface area contributed by atoms with E-state index in [4.69, 9.17) is 4.74 Å². The van der Waals surface area contributed by atoms with Gasteiger partial charge in [0.2, 0.25) is 0 Å². The van der Waals surface area contributed by atoms with Crippen molar-refractivity contribution in [1.29, 1.82) is 0 Å². The quantitative estimate of drug-likeness (QED) is 0.917.